The summed E-state index contributed by atoms with van der Waals surface area (Å²) >= 11 is 0. The Morgan fingerprint density at radius 3 is 2.69 bits per heavy atom. The van der Waals surface area contributed by atoms with E-state index in [1.807, 2.05) is 6.92 Å². The lowest BCUT2D eigenvalue weighted by molar-refractivity contribution is -0.136. The minimum atomic E-state index is -0.801. The van der Waals surface area contributed by atoms with Crippen LogP contribution in [0.3, 0.4) is 0 Å². The van der Waals surface area contributed by atoms with Gasteiger partial charge in [0.2, 0.25) is 11.8 Å². The number of halogens is 1. The molecule has 0 aromatic heterocycles. The van der Waals surface area contributed by atoms with E-state index in [2.05, 4.69) is 5.32 Å². The molecule has 1 N–H and O–H groups in total. The first kappa shape index (κ1) is 21.5. The highest BCUT2D eigenvalue weighted by molar-refractivity contribution is 6.06. The van der Waals surface area contributed by atoms with Crippen molar-refractivity contribution in [3.05, 3.63) is 58.9 Å². The molecule has 1 fully saturated rings. The van der Waals surface area contributed by atoms with Gasteiger partial charge in [0, 0.05) is 18.5 Å². The molecule has 2 heterocycles. The van der Waals surface area contributed by atoms with Crippen LogP contribution < -0.4 is 10.2 Å². The molecule has 0 radical (unpaired) electrons. The summed E-state index contributed by atoms with van der Waals surface area (Å²) in [5.74, 6) is -1.85. The average molecular weight is 439 g/mol. The topological polar surface area (TPSA) is 96.0 Å². The number of methoxy groups -OCH3 is 1. The van der Waals surface area contributed by atoms with E-state index in [0.29, 0.717) is 17.5 Å². The van der Waals surface area contributed by atoms with Gasteiger partial charge in [0.05, 0.1) is 18.5 Å². The van der Waals surface area contributed by atoms with Crippen molar-refractivity contribution < 1.29 is 28.3 Å². The highest BCUT2D eigenvalue weighted by Gasteiger charge is 2.39. The number of amides is 4. The number of fused-ring (bicyclic) bond motifs is 1. The van der Waals surface area contributed by atoms with Crippen LogP contribution in [0.4, 0.5) is 20.6 Å². The molecule has 1 atom stereocenters. The Kier molecular flexibility index (Phi) is 5.65. The molecule has 4 amide bonds. The smallest absolute Gasteiger partial charge is 0.418 e. The maximum Gasteiger partial charge on any atom is 0.418 e. The van der Waals surface area contributed by atoms with Crippen LogP contribution in [-0.4, -0.2) is 41.9 Å². The van der Waals surface area contributed by atoms with Crippen molar-refractivity contribution in [2.75, 3.05) is 12.0 Å². The lowest BCUT2D eigenvalue weighted by Gasteiger charge is -2.29. The minimum absolute atomic E-state index is 0.0172. The fraction of sp³-hybridized carbons (Fsp3) is 0.304. The van der Waals surface area contributed by atoms with Crippen LogP contribution in [-0.2, 0) is 27.3 Å². The van der Waals surface area contributed by atoms with E-state index in [0.717, 1.165) is 10.5 Å². The van der Waals surface area contributed by atoms with Gasteiger partial charge >= 0.3 is 6.09 Å². The molecule has 32 heavy (non-hydrogen) atoms. The number of hydrogen-bond donors (Lipinski definition) is 1. The van der Waals surface area contributed by atoms with Gasteiger partial charge in [-0.15, -0.1) is 0 Å². The molecule has 9 heteroatoms. The molecule has 0 saturated carbocycles. The van der Waals surface area contributed by atoms with Gasteiger partial charge in [0.25, 0.3) is 5.91 Å². The second-order valence-electron chi connectivity index (χ2n) is 7.69. The van der Waals surface area contributed by atoms with Crippen LogP contribution >= 0.6 is 0 Å². The first-order valence-electron chi connectivity index (χ1n) is 10.3. The lowest BCUT2D eigenvalue weighted by Crippen LogP contribution is -2.52. The van der Waals surface area contributed by atoms with Crippen LogP contribution in [0.2, 0.25) is 0 Å². The second-order valence-corrected chi connectivity index (χ2v) is 7.69. The van der Waals surface area contributed by atoms with Gasteiger partial charge in [-0.2, -0.15) is 0 Å². The Hall–Kier alpha value is -3.75. The maximum atomic E-state index is 14.7. The molecule has 0 aliphatic carbocycles. The number of carbonyl (C=O) groups is 4. The van der Waals surface area contributed by atoms with Gasteiger partial charge in [0.15, 0.2) is 0 Å². The third kappa shape index (κ3) is 3.70. The van der Waals surface area contributed by atoms with E-state index in [9.17, 15) is 23.6 Å². The summed E-state index contributed by atoms with van der Waals surface area (Å²) in [6.07, 6.45) is 0.252. The Bertz CT molecular complexity index is 1130. The zero-order chi connectivity index (χ0) is 23.0. The molecule has 166 valence electrons. The van der Waals surface area contributed by atoms with Crippen molar-refractivity contribution in [2.45, 2.75) is 38.8 Å². The molecular weight excluding hydrogens is 417 g/mol. The first-order chi connectivity index (χ1) is 15.3. The lowest BCUT2D eigenvalue weighted by atomic mass is 10.0. The zero-order valence-corrected chi connectivity index (χ0v) is 17.7. The maximum absolute atomic E-state index is 14.7. The third-order valence-electron chi connectivity index (χ3n) is 5.79. The van der Waals surface area contributed by atoms with Crippen LogP contribution in [0.25, 0.3) is 0 Å². The van der Waals surface area contributed by atoms with E-state index in [-0.39, 0.29) is 42.6 Å². The Labute approximate surface area is 183 Å². The average Bonchev–Trinajstić information content (AvgIpc) is 3.11. The van der Waals surface area contributed by atoms with Gasteiger partial charge in [-0.05, 0) is 48.2 Å². The van der Waals surface area contributed by atoms with Gasteiger partial charge in [-0.25, -0.2) is 14.1 Å². The van der Waals surface area contributed by atoms with Crippen molar-refractivity contribution in [1.82, 2.24) is 10.2 Å². The molecule has 2 aromatic rings. The molecule has 0 bridgehead atoms. The van der Waals surface area contributed by atoms with Gasteiger partial charge in [-0.1, -0.05) is 19.1 Å². The monoisotopic (exact) mass is 439 g/mol. The largest absolute Gasteiger partial charge is 0.452 e. The number of carbonyl (C=O) groups excluding carboxylic acids is 4. The minimum Gasteiger partial charge on any atom is -0.452 e. The first-order valence-corrected chi connectivity index (χ1v) is 10.3. The van der Waals surface area contributed by atoms with Gasteiger partial charge < -0.3 is 9.64 Å². The van der Waals surface area contributed by atoms with Crippen LogP contribution in [0.1, 0.15) is 41.3 Å². The third-order valence-corrected chi connectivity index (χ3v) is 5.79. The fourth-order valence-electron chi connectivity index (χ4n) is 4.07. The summed E-state index contributed by atoms with van der Waals surface area (Å²) in [7, 11) is 1.19. The second kappa shape index (κ2) is 8.41. The van der Waals surface area contributed by atoms with Gasteiger partial charge in [-0.3, -0.25) is 19.7 Å². The number of aryl methyl sites for hydroxylation is 1. The Morgan fingerprint density at radius 2 is 2.00 bits per heavy atom. The SMILES string of the molecule is CCc1ccc(F)c(N(C(=O)OC)c2ccc3c(c2)C(=O)N(C2CCC(=O)NC2=O)C3)c1. The standard InChI is InChI=1S/C23H22FN3O5/c1-3-13-4-7-17(24)19(10-13)27(23(31)32-2)15-6-5-14-12-26(22(30)16(14)11-15)18-8-9-20(28)25-21(18)29/h4-7,10-11,18H,3,8-9,12H2,1-2H3,(H,25,28,29). The van der Waals surface area contributed by atoms with Crippen molar-refractivity contribution in [1.29, 1.82) is 0 Å². The fourth-order valence-corrected chi connectivity index (χ4v) is 4.07. The zero-order valence-electron chi connectivity index (χ0n) is 17.7. The van der Waals surface area contributed by atoms with Crippen molar-refractivity contribution >= 4 is 35.2 Å². The number of nitrogens with zero attached hydrogens (tertiary/aromatic N) is 2. The molecule has 0 spiro atoms. The Morgan fingerprint density at radius 1 is 1.22 bits per heavy atom. The normalized spacial score (nSPS) is 17.8. The number of benzene rings is 2. The summed E-state index contributed by atoms with van der Waals surface area (Å²) < 4.78 is 19.5. The highest BCUT2D eigenvalue weighted by atomic mass is 19.1. The van der Waals surface area contributed by atoms with Crippen LogP contribution in [0.15, 0.2) is 36.4 Å². The van der Waals surface area contributed by atoms with Crippen molar-refractivity contribution in [2.24, 2.45) is 0 Å². The number of piperidine rings is 1. The number of imide groups is 1. The summed E-state index contributed by atoms with van der Waals surface area (Å²) in [6, 6.07) is 8.52. The Balaban J connectivity index is 1.70. The van der Waals surface area contributed by atoms with E-state index in [1.54, 1.807) is 24.3 Å². The highest BCUT2D eigenvalue weighted by Crippen LogP contribution is 2.35. The molecule has 2 aliphatic heterocycles. The molecule has 1 saturated heterocycles. The molecule has 2 aliphatic rings. The van der Waals surface area contributed by atoms with E-state index in [1.165, 1.54) is 24.1 Å². The number of rotatable bonds is 4. The summed E-state index contributed by atoms with van der Waals surface area (Å²) in [5, 5.41) is 2.26. The molecule has 8 nitrogen and oxygen atoms in total. The van der Waals surface area contributed by atoms with Crippen molar-refractivity contribution in [3.8, 4) is 0 Å². The predicted molar refractivity (Wildman–Crippen MR) is 113 cm³/mol. The number of nitrogens with one attached hydrogen (secondary N) is 1. The molecule has 1 unspecified atom stereocenters. The van der Waals surface area contributed by atoms with E-state index < -0.39 is 23.9 Å². The number of anilines is 2. The quantitative estimate of drug-likeness (QED) is 0.739. The number of hydrogen-bond acceptors (Lipinski definition) is 5. The summed E-state index contributed by atoms with van der Waals surface area (Å²) in [4.78, 5) is 51.9. The van der Waals surface area contributed by atoms with Crippen molar-refractivity contribution in [3.63, 3.8) is 0 Å². The van der Waals surface area contributed by atoms with Gasteiger partial charge in [0.1, 0.15) is 11.9 Å². The summed E-state index contributed by atoms with van der Waals surface area (Å²) in [5.41, 5.74) is 2.10. The van der Waals surface area contributed by atoms with Crippen LogP contribution in [0.5, 0.6) is 0 Å². The molecule has 2 aromatic carbocycles. The molecular formula is C23H22FN3O5. The molecule has 4 rings (SSSR count). The predicted octanol–water partition coefficient (Wildman–Crippen LogP) is 3.05. The van der Waals surface area contributed by atoms with E-state index in [4.69, 9.17) is 4.74 Å². The number of ether oxygens (including phenoxy) is 1. The van der Waals surface area contributed by atoms with E-state index >= 15 is 0 Å². The summed E-state index contributed by atoms with van der Waals surface area (Å²) in [6.45, 7) is 2.12. The van der Waals surface area contributed by atoms with Crippen LogP contribution in [0, 0.1) is 5.82 Å².